The third-order valence-corrected chi connectivity index (χ3v) is 4.36. The first-order chi connectivity index (χ1) is 10.6. The zero-order valence-electron chi connectivity index (χ0n) is 13.0. The number of hydrogen-bond acceptors (Lipinski definition) is 3. The van der Waals surface area contributed by atoms with E-state index in [1.807, 2.05) is 74.5 Å². The molecule has 1 N–H and O–H groups in total. The van der Waals surface area contributed by atoms with Crippen LogP contribution in [0, 0.1) is 5.92 Å². The summed E-state index contributed by atoms with van der Waals surface area (Å²) in [5.74, 6) is -0.233. The topological polar surface area (TPSA) is 38.3 Å². The molecule has 0 spiro atoms. The molecule has 1 fully saturated rings. The zero-order chi connectivity index (χ0) is 15.6. The number of benzene rings is 2. The molecule has 0 aliphatic carbocycles. The van der Waals surface area contributed by atoms with E-state index in [4.69, 9.17) is 4.74 Å². The maximum atomic E-state index is 12.5. The van der Waals surface area contributed by atoms with Crippen molar-refractivity contribution in [1.82, 2.24) is 5.32 Å². The van der Waals surface area contributed by atoms with Crippen LogP contribution in [0.1, 0.15) is 31.1 Å². The van der Waals surface area contributed by atoms with Crippen molar-refractivity contribution >= 4 is 57.4 Å². The van der Waals surface area contributed by atoms with E-state index in [-0.39, 0.29) is 74.9 Å². The van der Waals surface area contributed by atoms with Crippen LogP contribution in [0.15, 0.2) is 60.7 Å². The predicted molar refractivity (Wildman–Crippen MR) is 93.5 cm³/mol. The number of hydrogen-bond donors (Lipinski definition) is 1. The van der Waals surface area contributed by atoms with Gasteiger partial charge in [0.2, 0.25) is 0 Å². The number of ether oxygens (including phenoxy) is 1. The molecule has 3 nitrogen and oxygen atoms in total. The van der Waals surface area contributed by atoms with Gasteiger partial charge in [-0.2, -0.15) is 0 Å². The summed E-state index contributed by atoms with van der Waals surface area (Å²) >= 11 is 0. The van der Waals surface area contributed by atoms with E-state index < -0.39 is 0 Å². The second kappa shape index (κ2) is 8.06. The van der Waals surface area contributed by atoms with Crippen LogP contribution in [-0.2, 0) is 9.53 Å². The summed E-state index contributed by atoms with van der Waals surface area (Å²) in [6.07, 6.45) is -0.355. The average molecular weight is 335 g/mol. The molecule has 1 aliphatic heterocycles. The van der Waals surface area contributed by atoms with Crippen LogP contribution in [0.3, 0.4) is 0 Å². The Morgan fingerprint density at radius 1 is 1.04 bits per heavy atom. The summed E-state index contributed by atoms with van der Waals surface area (Å²) < 4.78 is 5.88. The SMILES string of the molecule is CC1(C)NCC1C(=O)OC(c1ccccc1)c1ccccc1.[KH]. The van der Waals surface area contributed by atoms with E-state index in [0.29, 0.717) is 6.54 Å². The first kappa shape index (κ1) is 18.8. The molecule has 1 atom stereocenters. The molecule has 1 unspecified atom stereocenters. The summed E-state index contributed by atoms with van der Waals surface area (Å²) in [4.78, 5) is 12.5. The Hall–Kier alpha value is -0.494. The quantitative estimate of drug-likeness (QED) is 0.690. The van der Waals surface area contributed by atoms with Gasteiger partial charge in [-0.3, -0.25) is 4.79 Å². The van der Waals surface area contributed by atoms with Crippen molar-refractivity contribution in [3.05, 3.63) is 71.8 Å². The number of rotatable bonds is 4. The Morgan fingerprint density at radius 3 is 1.87 bits per heavy atom. The molecule has 2 aromatic carbocycles. The van der Waals surface area contributed by atoms with Crippen LogP contribution in [0.2, 0.25) is 0 Å². The molecule has 1 aliphatic rings. The Kier molecular flexibility index (Phi) is 6.60. The van der Waals surface area contributed by atoms with E-state index >= 15 is 0 Å². The van der Waals surface area contributed by atoms with Crippen molar-refractivity contribution < 1.29 is 9.53 Å². The van der Waals surface area contributed by atoms with Crippen molar-refractivity contribution in [3.8, 4) is 0 Å². The monoisotopic (exact) mass is 335 g/mol. The second-order valence-electron chi connectivity index (χ2n) is 6.29. The molecular formula is C19H22KNO2. The molecule has 1 saturated heterocycles. The van der Waals surface area contributed by atoms with Gasteiger partial charge < -0.3 is 10.1 Å². The Labute approximate surface area is 180 Å². The van der Waals surface area contributed by atoms with Crippen LogP contribution in [0.4, 0.5) is 0 Å². The minimum absolute atomic E-state index is 0. The average Bonchev–Trinajstić information content (AvgIpc) is 2.53. The Balaban J connectivity index is 0.00000192. The second-order valence-corrected chi connectivity index (χ2v) is 6.29. The predicted octanol–water partition coefficient (Wildman–Crippen LogP) is 2.67. The molecular weight excluding hydrogens is 313 g/mol. The summed E-state index contributed by atoms with van der Waals surface area (Å²) in [5.41, 5.74) is 1.80. The van der Waals surface area contributed by atoms with Crippen molar-refractivity contribution in [2.45, 2.75) is 25.5 Å². The van der Waals surface area contributed by atoms with Gasteiger partial charge in [0.25, 0.3) is 0 Å². The van der Waals surface area contributed by atoms with Crippen molar-refractivity contribution in [2.75, 3.05) is 6.54 Å². The van der Waals surface area contributed by atoms with Gasteiger partial charge in [0.1, 0.15) is 0 Å². The van der Waals surface area contributed by atoms with Crippen molar-refractivity contribution in [2.24, 2.45) is 5.92 Å². The Bertz CT molecular complexity index is 603. The number of esters is 1. The summed E-state index contributed by atoms with van der Waals surface area (Å²) in [5, 5.41) is 3.27. The summed E-state index contributed by atoms with van der Waals surface area (Å²) in [6.45, 7) is 4.74. The van der Waals surface area contributed by atoms with Crippen molar-refractivity contribution in [3.63, 3.8) is 0 Å². The minimum atomic E-state index is -0.355. The van der Waals surface area contributed by atoms with Crippen LogP contribution in [0.25, 0.3) is 0 Å². The summed E-state index contributed by atoms with van der Waals surface area (Å²) in [6, 6.07) is 19.8. The normalized spacial score (nSPS) is 18.7. The van der Waals surface area contributed by atoms with Crippen LogP contribution >= 0.6 is 0 Å². The van der Waals surface area contributed by atoms with Crippen LogP contribution in [-0.4, -0.2) is 69.4 Å². The van der Waals surface area contributed by atoms with Crippen molar-refractivity contribution in [1.29, 1.82) is 0 Å². The fraction of sp³-hybridized carbons (Fsp3) is 0.316. The van der Waals surface area contributed by atoms with E-state index in [1.165, 1.54) is 0 Å². The molecule has 0 radical (unpaired) electrons. The molecule has 0 bridgehead atoms. The fourth-order valence-corrected chi connectivity index (χ4v) is 2.77. The van der Waals surface area contributed by atoms with E-state index in [9.17, 15) is 4.79 Å². The molecule has 2 aromatic rings. The number of carbonyl (C=O) groups excluding carboxylic acids is 1. The van der Waals surface area contributed by atoms with Gasteiger partial charge >= 0.3 is 57.4 Å². The third-order valence-electron chi connectivity index (χ3n) is 4.36. The van der Waals surface area contributed by atoms with E-state index in [0.717, 1.165) is 11.1 Å². The van der Waals surface area contributed by atoms with Gasteiger partial charge in [0.15, 0.2) is 6.10 Å². The number of nitrogens with one attached hydrogen (secondary N) is 1. The van der Waals surface area contributed by atoms with Gasteiger partial charge in [-0.05, 0) is 25.0 Å². The molecule has 0 aromatic heterocycles. The molecule has 4 heteroatoms. The maximum absolute atomic E-state index is 12.5. The molecule has 3 rings (SSSR count). The molecule has 0 amide bonds. The van der Waals surface area contributed by atoms with Gasteiger partial charge in [-0.15, -0.1) is 0 Å². The van der Waals surface area contributed by atoms with Crippen LogP contribution < -0.4 is 5.32 Å². The standard InChI is InChI=1S/C19H21NO2.K.H/c1-19(2)16(13-20-19)18(21)22-17(14-9-5-3-6-10-14)15-11-7-4-8-12-15;;/h3-12,16-17,20H,13H2,1-2H3;;. The Morgan fingerprint density at radius 2 is 1.52 bits per heavy atom. The summed E-state index contributed by atoms with van der Waals surface area (Å²) in [7, 11) is 0. The molecule has 1 heterocycles. The van der Waals surface area contributed by atoms with Gasteiger partial charge in [-0.25, -0.2) is 0 Å². The number of carbonyl (C=O) groups is 1. The van der Waals surface area contributed by atoms with Gasteiger partial charge in [-0.1, -0.05) is 60.7 Å². The first-order valence-electron chi connectivity index (χ1n) is 7.63. The molecule has 0 saturated carbocycles. The first-order valence-corrected chi connectivity index (χ1v) is 7.63. The fourth-order valence-electron chi connectivity index (χ4n) is 2.77. The molecule has 23 heavy (non-hydrogen) atoms. The van der Waals surface area contributed by atoms with Gasteiger partial charge in [0, 0.05) is 12.1 Å². The van der Waals surface area contributed by atoms with Crippen LogP contribution in [0.5, 0.6) is 0 Å². The zero-order valence-corrected chi connectivity index (χ0v) is 13.0. The van der Waals surface area contributed by atoms with E-state index in [2.05, 4.69) is 5.32 Å². The van der Waals surface area contributed by atoms with Gasteiger partial charge in [0.05, 0.1) is 5.92 Å². The molecule has 116 valence electrons. The van der Waals surface area contributed by atoms with E-state index in [1.54, 1.807) is 0 Å². The third kappa shape index (κ3) is 4.32.